The molecule has 0 radical (unpaired) electrons. The van der Waals surface area contributed by atoms with Gasteiger partial charge in [0.05, 0.1) is 10.5 Å². The van der Waals surface area contributed by atoms with Crippen molar-refractivity contribution in [2.45, 2.75) is 49.8 Å². The van der Waals surface area contributed by atoms with E-state index in [4.69, 9.17) is 4.74 Å². The number of sulfone groups is 1. The number of amides is 1. The Labute approximate surface area is 185 Å². The highest BCUT2D eigenvalue weighted by Crippen LogP contribution is 2.37. The van der Waals surface area contributed by atoms with Gasteiger partial charge >= 0.3 is 12.4 Å². The molecule has 1 aliphatic heterocycles. The minimum Gasteiger partial charge on any atom is -0.478 e. The summed E-state index contributed by atoms with van der Waals surface area (Å²) in [5.74, 6) is -1.42. The van der Waals surface area contributed by atoms with Crippen molar-refractivity contribution in [2.75, 3.05) is 6.26 Å². The highest BCUT2D eigenvalue weighted by molar-refractivity contribution is 7.90. The topological polar surface area (TPSA) is 76.6 Å². The molecule has 0 fully saturated rings. The van der Waals surface area contributed by atoms with E-state index in [0.717, 1.165) is 55.5 Å². The van der Waals surface area contributed by atoms with E-state index in [0.29, 0.717) is 5.56 Å². The maximum Gasteiger partial charge on any atom is 0.433 e. The van der Waals surface area contributed by atoms with Crippen LogP contribution < -0.4 is 4.74 Å². The highest BCUT2D eigenvalue weighted by Gasteiger charge is 2.50. The van der Waals surface area contributed by atoms with Gasteiger partial charge in [0, 0.05) is 25.5 Å². The largest absolute Gasteiger partial charge is 0.478 e. The zero-order chi connectivity index (χ0) is 25.0. The van der Waals surface area contributed by atoms with Crippen LogP contribution in [0.5, 0.6) is 5.75 Å². The minimum absolute atomic E-state index is 0.162. The van der Waals surface area contributed by atoms with Crippen LogP contribution in [0.25, 0.3) is 0 Å². The molecule has 1 amide bonds. The van der Waals surface area contributed by atoms with Crippen LogP contribution >= 0.6 is 0 Å². The molecule has 0 bridgehead atoms. The molecular formula is C20H18F6N2O4S. The molecule has 0 saturated heterocycles. The number of nitrogens with zero attached hydrogens (tertiary/aromatic N) is 2. The van der Waals surface area contributed by atoms with E-state index in [9.17, 15) is 39.6 Å². The maximum absolute atomic E-state index is 13.3. The van der Waals surface area contributed by atoms with Crippen molar-refractivity contribution in [1.82, 2.24) is 9.88 Å². The van der Waals surface area contributed by atoms with Gasteiger partial charge in [-0.3, -0.25) is 9.78 Å². The fourth-order valence-corrected chi connectivity index (χ4v) is 3.73. The van der Waals surface area contributed by atoms with Gasteiger partial charge in [0.1, 0.15) is 11.4 Å². The van der Waals surface area contributed by atoms with Crippen molar-refractivity contribution < 1.29 is 44.3 Å². The number of ether oxygens (including phenoxy) is 1. The molecule has 0 atom stereocenters. The normalized spacial score (nSPS) is 14.9. The minimum atomic E-state index is -4.81. The predicted octanol–water partition coefficient (Wildman–Crippen LogP) is 4.38. The summed E-state index contributed by atoms with van der Waals surface area (Å²) in [4.78, 5) is 17.2. The molecule has 0 aliphatic carbocycles. The van der Waals surface area contributed by atoms with Gasteiger partial charge in [-0.15, -0.1) is 0 Å². The van der Waals surface area contributed by atoms with Gasteiger partial charge in [-0.05, 0) is 49.2 Å². The van der Waals surface area contributed by atoms with E-state index < -0.39 is 50.7 Å². The Morgan fingerprint density at radius 1 is 1.03 bits per heavy atom. The average molecular weight is 496 g/mol. The van der Waals surface area contributed by atoms with Gasteiger partial charge < -0.3 is 9.64 Å². The molecule has 0 N–H and O–H groups in total. The molecule has 3 rings (SSSR count). The SMILES string of the molecule is CC(C)(Oc1ccc(S(C)(=O)=O)cc1C(=O)N1Cc2cnc(C(F)(F)F)cc2C1)C(F)(F)F. The average Bonchev–Trinajstić information content (AvgIpc) is 3.08. The summed E-state index contributed by atoms with van der Waals surface area (Å²) in [7, 11) is -3.83. The second-order valence-electron chi connectivity index (χ2n) is 8.04. The Kier molecular flexibility index (Phi) is 5.93. The zero-order valence-electron chi connectivity index (χ0n) is 17.5. The van der Waals surface area contributed by atoms with Gasteiger partial charge in [-0.2, -0.15) is 26.3 Å². The number of fused-ring (bicyclic) bond motifs is 1. The van der Waals surface area contributed by atoms with Crippen LogP contribution in [0.2, 0.25) is 0 Å². The number of alkyl halides is 6. The summed E-state index contributed by atoms with van der Waals surface area (Å²) in [6, 6.07) is 3.64. The van der Waals surface area contributed by atoms with Crippen molar-refractivity contribution in [3.63, 3.8) is 0 Å². The van der Waals surface area contributed by atoms with E-state index in [1.54, 1.807) is 0 Å². The monoisotopic (exact) mass is 496 g/mol. The number of carbonyl (C=O) groups is 1. The third-order valence-corrected chi connectivity index (χ3v) is 6.15. The quantitative estimate of drug-likeness (QED) is 0.588. The molecule has 0 unspecified atom stereocenters. The zero-order valence-corrected chi connectivity index (χ0v) is 18.3. The van der Waals surface area contributed by atoms with Crippen LogP contribution in [-0.2, 0) is 29.1 Å². The molecule has 1 aromatic carbocycles. The molecule has 13 heteroatoms. The van der Waals surface area contributed by atoms with E-state index in [-0.39, 0.29) is 23.5 Å². The Balaban J connectivity index is 2.00. The third kappa shape index (κ3) is 5.07. The van der Waals surface area contributed by atoms with E-state index >= 15 is 0 Å². The van der Waals surface area contributed by atoms with Crippen LogP contribution in [-0.4, -0.2) is 42.2 Å². The molecule has 2 heterocycles. The lowest BCUT2D eigenvalue weighted by Gasteiger charge is -2.30. The number of rotatable bonds is 4. The summed E-state index contributed by atoms with van der Waals surface area (Å²) in [6.45, 7) is 1.04. The first-order chi connectivity index (χ1) is 14.9. The van der Waals surface area contributed by atoms with Gasteiger partial charge in [0.15, 0.2) is 15.4 Å². The van der Waals surface area contributed by atoms with E-state index in [1.807, 2.05) is 0 Å². The fraction of sp³-hybridized carbons (Fsp3) is 0.400. The first kappa shape index (κ1) is 24.8. The Hall–Kier alpha value is -2.83. The number of carbonyl (C=O) groups excluding carboxylic acids is 1. The third-order valence-electron chi connectivity index (χ3n) is 5.04. The van der Waals surface area contributed by atoms with Crippen molar-refractivity contribution >= 4 is 15.7 Å². The summed E-state index contributed by atoms with van der Waals surface area (Å²) < 4.78 is 108. The number of benzene rings is 1. The van der Waals surface area contributed by atoms with Crippen LogP contribution in [0.15, 0.2) is 35.4 Å². The van der Waals surface area contributed by atoms with Crippen LogP contribution in [0, 0.1) is 0 Å². The van der Waals surface area contributed by atoms with E-state index in [2.05, 4.69) is 4.98 Å². The molecule has 6 nitrogen and oxygen atoms in total. The molecule has 1 aromatic heterocycles. The fourth-order valence-electron chi connectivity index (χ4n) is 3.08. The molecule has 2 aromatic rings. The summed E-state index contributed by atoms with van der Waals surface area (Å²) in [6.07, 6.45) is -7.68. The predicted molar refractivity (Wildman–Crippen MR) is 103 cm³/mol. The van der Waals surface area contributed by atoms with Crippen LogP contribution in [0.4, 0.5) is 26.3 Å². The first-order valence-corrected chi connectivity index (χ1v) is 11.2. The summed E-state index contributed by atoms with van der Waals surface area (Å²) in [5.41, 5.74) is -3.83. The van der Waals surface area contributed by atoms with Crippen molar-refractivity contribution in [1.29, 1.82) is 0 Å². The summed E-state index contributed by atoms with van der Waals surface area (Å²) in [5, 5.41) is 0. The smallest absolute Gasteiger partial charge is 0.433 e. The van der Waals surface area contributed by atoms with Crippen molar-refractivity contribution in [2.24, 2.45) is 0 Å². The van der Waals surface area contributed by atoms with Gasteiger partial charge in [-0.1, -0.05) is 0 Å². The standard InChI is InChI=1S/C20H18F6N2O4S/c1-18(2,20(24,25)26)32-15-5-4-13(33(3,30)31)7-14(15)17(29)28-9-11-6-16(19(21,22)23)27-8-12(11)10-28/h4-8H,9-10H2,1-3H3. The molecule has 0 saturated carbocycles. The molecule has 0 spiro atoms. The maximum atomic E-state index is 13.3. The van der Waals surface area contributed by atoms with Crippen molar-refractivity contribution in [3.8, 4) is 5.75 Å². The molecule has 180 valence electrons. The lowest BCUT2D eigenvalue weighted by molar-refractivity contribution is -0.234. The van der Waals surface area contributed by atoms with Crippen LogP contribution in [0.3, 0.4) is 0 Å². The summed E-state index contributed by atoms with van der Waals surface area (Å²) >= 11 is 0. The van der Waals surface area contributed by atoms with Gasteiger partial charge in [-0.25, -0.2) is 8.42 Å². The second-order valence-corrected chi connectivity index (χ2v) is 10.1. The number of hydrogen-bond donors (Lipinski definition) is 0. The second kappa shape index (κ2) is 7.89. The molecule has 33 heavy (non-hydrogen) atoms. The van der Waals surface area contributed by atoms with Gasteiger partial charge in [0.25, 0.3) is 5.91 Å². The number of pyridine rings is 1. The van der Waals surface area contributed by atoms with E-state index in [1.165, 1.54) is 0 Å². The Bertz CT molecular complexity index is 1210. The number of aromatic nitrogens is 1. The Morgan fingerprint density at radius 3 is 2.18 bits per heavy atom. The highest BCUT2D eigenvalue weighted by atomic mass is 32.2. The molecule has 1 aliphatic rings. The lowest BCUT2D eigenvalue weighted by Crippen LogP contribution is -2.45. The molecular weight excluding hydrogens is 478 g/mol. The Morgan fingerprint density at radius 2 is 1.64 bits per heavy atom. The van der Waals surface area contributed by atoms with Gasteiger partial charge in [0.2, 0.25) is 0 Å². The van der Waals surface area contributed by atoms with Crippen molar-refractivity contribution in [3.05, 3.63) is 52.8 Å². The number of hydrogen-bond acceptors (Lipinski definition) is 5. The lowest BCUT2D eigenvalue weighted by atomic mass is 10.1. The van der Waals surface area contributed by atoms with Crippen LogP contribution in [0.1, 0.15) is 41.0 Å². The first-order valence-electron chi connectivity index (χ1n) is 9.34. The number of halogens is 6.